The molecule has 1 unspecified atom stereocenters. The number of hydrogen-bond donors (Lipinski definition) is 1. The lowest BCUT2D eigenvalue weighted by atomic mass is 10.2. The van der Waals surface area contributed by atoms with Gasteiger partial charge < -0.3 is 10.3 Å². The van der Waals surface area contributed by atoms with Gasteiger partial charge in [0.1, 0.15) is 0 Å². The first-order chi connectivity index (χ1) is 9.76. The second kappa shape index (κ2) is 7.35. The zero-order chi connectivity index (χ0) is 13.9. The lowest BCUT2D eigenvalue weighted by Crippen LogP contribution is -2.34. The van der Waals surface area contributed by atoms with Crippen molar-refractivity contribution in [1.82, 2.24) is 15.0 Å². The lowest BCUT2D eigenvalue weighted by Gasteiger charge is -2.20. The summed E-state index contributed by atoms with van der Waals surface area (Å²) in [6, 6.07) is 8.32. The Morgan fingerprint density at radius 3 is 3.05 bits per heavy atom. The number of halogens is 2. The van der Waals surface area contributed by atoms with E-state index >= 15 is 0 Å². The third-order valence-corrected chi connectivity index (χ3v) is 4.15. The van der Waals surface area contributed by atoms with E-state index in [0.717, 1.165) is 23.0 Å². The minimum absolute atomic E-state index is 0. The molecule has 2 heterocycles. The summed E-state index contributed by atoms with van der Waals surface area (Å²) in [5.41, 5.74) is 6.73. The van der Waals surface area contributed by atoms with Crippen molar-refractivity contribution in [3.05, 3.63) is 34.6 Å². The van der Waals surface area contributed by atoms with Crippen LogP contribution >= 0.6 is 28.3 Å². The predicted molar refractivity (Wildman–Crippen MR) is 87.2 cm³/mol. The quantitative estimate of drug-likeness (QED) is 0.892. The minimum atomic E-state index is 0. The van der Waals surface area contributed by atoms with Gasteiger partial charge in [-0.25, -0.2) is 0 Å². The second-order valence-electron chi connectivity index (χ2n) is 5.02. The fourth-order valence-electron chi connectivity index (χ4n) is 2.61. The van der Waals surface area contributed by atoms with Crippen molar-refractivity contribution in [3.8, 4) is 11.4 Å². The van der Waals surface area contributed by atoms with Crippen LogP contribution in [0.1, 0.15) is 18.7 Å². The van der Waals surface area contributed by atoms with Gasteiger partial charge in [-0.3, -0.25) is 4.90 Å². The molecular weight excluding hydrogens is 356 g/mol. The maximum Gasteiger partial charge on any atom is 0.241 e. The maximum atomic E-state index is 5.78. The summed E-state index contributed by atoms with van der Waals surface area (Å²) in [5, 5.41) is 4.06. The molecule has 114 valence electrons. The monoisotopic (exact) mass is 372 g/mol. The molecule has 0 saturated carbocycles. The predicted octanol–water partition coefficient (Wildman–Crippen LogP) is 2.84. The largest absolute Gasteiger partial charge is 0.338 e. The normalized spacial score (nSPS) is 18.7. The van der Waals surface area contributed by atoms with Gasteiger partial charge in [0, 0.05) is 22.6 Å². The van der Waals surface area contributed by atoms with E-state index in [1.165, 1.54) is 6.42 Å². The number of likely N-dealkylation sites (tertiary alicyclic amines) is 1. The molecule has 0 aliphatic carbocycles. The van der Waals surface area contributed by atoms with Gasteiger partial charge in [-0.15, -0.1) is 12.4 Å². The summed E-state index contributed by atoms with van der Waals surface area (Å²) < 4.78 is 6.36. The summed E-state index contributed by atoms with van der Waals surface area (Å²) in [7, 11) is 0. The zero-order valence-electron chi connectivity index (χ0n) is 11.5. The van der Waals surface area contributed by atoms with E-state index in [2.05, 4.69) is 31.0 Å². The topological polar surface area (TPSA) is 68.2 Å². The molecule has 2 N–H and O–H groups in total. The molecule has 1 aliphatic rings. The van der Waals surface area contributed by atoms with Crippen LogP contribution in [0.3, 0.4) is 0 Å². The van der Waals surface area contributed by atoms with Crippen LogP contribution in [0.2, 0.25) is 0 Å². The van der Waals surface area contributed by atoms with Crippen LogP contribution in [0.25, 0.3) is 11.4 Å². The molecule has 1 atom stereocenters. The number of benzene rings is 1. The van der Waals surface area contributed by atoms with E-state index in [-0.39, 0.29) is 12.4 Å². The van der Waals surface area contributed by atoms with Crippen LogP contribution < -0.4 is 5.73 Å². The standard InChI is InChI=1S/C14H17BrN4O.ClH/c15-11-4-1-3-10(7-11)14-17-13(20-18-14)9-19-6-2-5-12(19)8-16;/h1,3-4,7,12H,2,5-6,8-9,16H2;1H. The van der Waals surface area contributed by atoms with Crippen molar-refractivity contribution in [3.63, 3.8) is 0 Å². The van der Waals surface area contributed by atoms with Crippen LogP contribution in [-0.4, -0.2) is 34.2 Å². The van der Waals surface area contributed by atoms with E-state index in [0.29, 0.717) is 30.8 Å². The summed E-state index contributed by atoms with van der Waals surface area (Å²) in [5.74, 6) is 1.28. The highest BCUT2D eigenvalue weighted by atomic mass is 79.9. The van der Waals surface area contributed by atoms with Gasteiger partial charge in [0.25, 0.3) is 0 Å². The highest BCUT2D eigenvalue weighted by Gasteiger charge is 2.25. The van der Waals surface area contributed by atoms with Crippen LogP contribution in [0, 0.1) is 0 Å². The van der Waals surface area contributed by atoms with Crippen LogP contribution in [-0.2, 0) is 6.54 Å². The Labute approximate surface area is 138 Å². The fourth-order valence-corrected chi connectivity index (χ4v) is 3.01. The van der Waals surface area contributed by atoms with Gasteiger partial charge in [-0.2, -0.15) is 4.98 Å². The summed E-state index contributed by atoms with van der Waals surface area (Å²) in [6.07, 6.45) is 2.34. The minimum Gasteiger partial charge on any atom is -0.338 e. The number of aromatic nitrogens is 2. The summed E-state index contributed by atoms with van der Waals surface area (Å²) >= 11 is 3.45. The molecule has 0 bridgehead atoms. The number of hydrogen-bond acceptors (Lipinski definition) is 5. The molecule has 0 spiro atoms. The summed E-state index contributed by atoms with van der Waals surface area (Å²) in [6.45, 7) is 2.42. The molecule has 0 amide bonds. The van der Waals surface area contributed by atoms with Gasteiger partial charge in [-0.1, -0.05) is 33.2 Å². The van der Waals surface area contributed by atoms with Crippen molar-refractivity contribution >= 4 is 28.3 Å². The van der Waals surface area contributed by atoms with Crippen molar-refractivity contribution in [1.29, 1.82) is 0 Å². The molecular formula is C14H18BrClN4O. The van der Waals surface area contributed by atoms with E-state index in [9.17, 15) is 0 Å². The Bertz CT molecular complexity index is 592. The molecule has 21 heavy (non-hydrogen) atoms. The van der Waals surface area contributed by atoms with Gasteiger partial charge in [0.15, 0.2) is 0 Å². The molecule has 1 saturated heterocycles. The van der Waals surface area contributed by atoms with Crippen LogP contribution in [0.5, 0.6) is 0 Å². The SMILES string of the molecule is Cl.NCC1CCCN1Cc1nc(-c2cccc(Br)c2)no1. The average Bonchev–Trinajstić information content (AvgIpc) is 3.08. The van der Waals surface area contributed by atoms with Crippen molar-refractivity contribution in [2.75, 3.05) is 13.1 Å². The maximum absolute atomic E-state index is 5.78. The van der Waals surface area contributed by atoms with E-state index < -0.39 is 0 Å². The zero-order valence-corrected chi connectivity index (χ0v) is 13.9. The number of nitrogens with zero attached hydrogens (tertiary/aromatic N) is 3. The van der Waals surface area contributed by atoms with Crippen molar-refractivity contribution < 1.29 is 4.52 Å². The smallest absolute Gasteiger partial charge is 0.241 e. The van der Waals surface area contributed by atoms with Gasteiger partial charge >= 0.3 is 0 Å². The summed E-state index contributed by atoms with van der Waals surface area (Å²) in [4.78, 5) is 6.79. The Morgan fingerprint density at radius 2 is 2.29 bits per heavy atom. The van der Waals surface area contributed by atoms with E-state index in [4.69, 9.17) is 10.3 Å². The molecule has 3 rings (SSSR count). The van der Waals surface area contributed by atoms with Crippen LogP contribution in [0.15, 0.2) is 33.3 Å². The first kappa shape index (κ1) is 16.4. The molecule has 1 aromatic heterocycles. The highest BCUT2D eigenvalue weighted by Crippen LogP contribution is 2.22. The van der Waals surface area contributed by atoms with Gasteiger partial charge in [0.2, 0.25) is 11.7 Å². The Hall–Kier alpha value is -0.950. The van der Waals surface area contributed by atoms with Crippen LogP contribution in [0.4, 0.5) is 0 Å². The Kier molecular flexibility index (Phi) is 5.75. The lowest BCUT2D eigenvalue weighted by molar-refractivity contribution is 0.214. The fraction of sp³-hybridized carbons (Fsp3) is 0.429. The number of rotatable bonds is 4. The van der Waals surface area contributed by atoms with Gasteiger partial charge in [-0.05, 0) is 31.5 Å². The molecule has 1 aromatic carbocycles. The Morgan fingerprint density at radius 1 is 1.43 bits per heavy atom. The van der Waals surface area contributed by atoms with Gasteiger partial charge in [0.05, 0.1) is 6.54 Å². The third kappa shape index (κ3) is 3.83. The van der Waals surface area contributed by atoms with E-state index in [1.807, 2.05) is 24.3 Å². The highest BCUT2D eigenvalue weighted by molar-refractivity contribution is 9.10. The molecule has 2 aromatic rings. The third-order valence-electron chi connectivity index (χ3n) is 3.66. The molecule has 5 nitrogen and oxygen atoms in total. The molecule has 1 fully saturated rings. The van der Waals surface area contributed by atoms with Crippen molar-refractivity contribution in [2.45, 2.75) is 25.4 Å². The Balaban J connectivity index is 0.00000161. The average molecular weight is 374 g/mol. The van der Waals surface area contributed by atoms with E-state index in [1.54, 1.807) is 0 Å². The molecule has 0 radical (unpaired) electrons. The molecule has 1 aliphatic heterocycles. The first-order valence-corrected chi connectivity index (χ1v) is 7.58. The number of nitrogens with two attached hydrogens (primary N) is 1. The molecule has 7 heteroatoms. The second-order valence-corrected chi connectivity index (χ2v) is 5.94. The van der Waals surface area contributed by atoms with Crippen molar-refractivity contribution in [2.24, 2.45) is 5.73 Å². The first-order valence-electron chi connectivity index (χ1n) is 6.79.